The fraction of sp³-hybridized carbons (Fsp3) is 0.364. The zero-order valence-corrected chi connectivity index (χ0v) is 16.1. The predicted molar refractivity (Wildman–Crippen MR) is 109 cm³/mol. The van der Waals surface area contributed by atoms with E-state index in [0.29, 0.717) is 25.2 Å². The Kier molecular flexibility index (Phi) is 5.19. The molecule has 6 nitrogen and oxygen atoms in total. The first-order chi connectivity index (χ1) is 13.7. The van der Waals surface area contributed by atoms with Crippen molar-refractivity contribution in [1.29, 1.82) is 0 Å². The van der Waals surface area contributed by atoms with Crippen LogP contribution in [0.1, 0.15) is 37.3 Å². The van der Waals surface area contributed by atoms with Gasteiger partial charge in [-0.15, -0.1) is 0 Å². The van der Waals surface area contributed by atoms with Gasteiger partial charge >= 0.3 is 6.03 Å². The van der Waals surface area contributed by atoms with Crippen molar-refractivity contribution in [1.82, 2.24) is 4.90 Å². The molecule has 0 radical (unpaired) electrons. The molecule has 2 aromatic carbocycles. The van der Waals surface area contributed by atoms with Crippen molar-refractivity contribution < 1.29 is 14.3 Å². The summed E-state index contributed by atoms with van der Waals surface area (Å²) in [6, 6.07) is 15.3. The molecule has 6 heteroatoms. The quantitative estimate of drug-likeness (QED) is 0.866. The van der Waals surface area contributed by atoms with Gasteiger partial charge < -0.3 is 19.9 Å². The molecule has 0 bridgehead atoms. The molecule has 2 saturated heterocycles. The minimum absolute atomic E-state index is 0.0477. The summed E-state index contributed by atoms with van der Waals surface area (Å²) in [5.41, 5.74) is 2.57. The summed E-state index contributed by atoms with van der Waals surface area (Å²) < 4.78 is 5.23. The Morgan fingerprint density at radius 1 is 1.07 bits per heavy atom. The Balaban J connectivity index is 1.52. The lowest BCUT2D eigenvalue weighted by molar-refractivity contribution is -0.117. The van der Waals surface area contributed by atoms with E-state index in [0.717, 1.165) is 36.3 Å². The molecule has 2 aliphatic heterocycles. The van der Waals surface area contributed by atoms with Gasteiger partial charge in [0.05, 0.1) is 24.5 Å². The molecule has 2 heterocycles. The summed E-state index contributed by atoms with van der Waals surface area (Å²) in [4.78, 5) is 28.9. The van der Waals surface area contributed by atoms with Gasteiger partial charge in [0.15, 0.2) is 0 Å². The van der Waals surface area contributed by atoms with E-state index in [-0.39, 0.29) is 18.0 Å². The molecule has 0 saturated carbocycles. The highest BCUT2D eigenvalue weighted by Crippen LogP contribution is 2.35. The number of ether oxygens (including phenoxy) is 1. The number of methoxy groups -OCH3 is 1. The smallest absolute Gasteiger partial charge is 0.322 e. The van der Waals surface area contributed by atoms with Gasteiger partial charge in [-0.1, -0.05) is 24.3 Å². The monoisotopic (exact) mass is 379 g/mol. The first-order valence-corrected chi connectivity index (χ1v) is 9.78. The molecule has 1 N–H and O–H groups in total. The van der Waals surface area contributed by atoms with E-state index in [1.54, 1.807) is 12.0 Å². The average molecular weight is 379 g/mol. The molecule has 0 aliphatic carbocycles. The highest BCUT2D eigenvalue weighted by Gasteiger charge is 2.31. The van der Waals surface area contributed by atoms with E-state index in [9.17, 15) is 9.59 Å². The number of nitrogens with zero attached hydrogens (tertiary/aromatic N) is 2. The number of urea groups is 1. The highest BCUT2D eigenvalue weighted by molar-refractivity contribution is 6.01. The molecule has 2 aliphatic rings. The van der Waals surface area contributed by atoms with Crippen LogP contribution in [0.3, 0.4) is 0 Å². The molecule has 2 fully saturated rings. The normalized spacial score (nSPS) is 19.2. The molecule has 28 heavy (non-hydrogen) atoms. The number of anilines is 2. The van der Waals surface area contributed by atoms with Gasteiger partial charge in [0.1, 0.15) is 5.75 Å². The Bertz CT molecular complexity index is 866. The molecule has 146 valence electrons. The van der Waals surface area contributed by atoms with Gasteiger partial charge in [-0.25, -0.2) is 4.79 Å². The van der Waals surface area contributed by atoms with Crippen molar-refractivity contribution in [3.8, 4) is 5.75 Å². The third kappa shape index (κ3) is 3.54. The molecule has 2 aromatic rings. The molecule has 1 unspecified atom stereocenters. The Hall–Kier alpha value is -3.02. The van der Waals surface area contributed by atoms with E-state index >= 15 is 0 Å². The van der Waals surface area contributed by atoms with Crippen LogP contribution in [0.15, 0.2) is 48.5 Å². The van der Waals surface area contributed by atoms with Gasteiger partial charge in [0.2, 0.25) is 5.91 Å². The molecule has 0 spiro atoms. The lowest BCUT2D eigenvalue weighted by atomic mass is 10.0. The summed E-state index contributed by atoms with van der Waals surface area (Å²) in [5.74, 6) is 0.918. The van der Waals surface area contributed by atoms with Gasteiger partial charge in [0, 0.05) is 19.5 Å². The van der Waals surface area contributed by atoms with Crippen LogP contribution in [0.4, 0.5) is 16.2 Å². The lowest BCUT2D eigenvalue weighted by Gasteiger charge is -2.27. The number of carbonyl (C=O) groups excluding carboxylic acids is 2. The number of benzene rings is 2. The summed E-state index contributed by atoms with van der Waals surface area (Å²) in [6.07, 6.45) is 3.32. The molecular weight excluding hydrogens is 354 g/mol. The maximum Gasteiger partial charge on any atom is 0.322 e. The average Bonchev–Trinajstić information content (AvgIpc) is 3.38. The maximum atomic E-state index is 13.1. The van der Waals surface area contributed by atoms with E-state index in [1.807, 2.05) is 53.4 Å². The summed E-state index contributed by atoms with van der Waals surface area (Å²) in [5, 5.41) is 3.04. The molecular formula is C22H25N3O3. The number of hydrogen-bond donors (Lipinski definition) is 1. The largest absolute Gasteiger partial charge is 0.497 e. The Morgan fingerprint density at radius 3 is 2.57 bits per heavy atom. The van der Waals surface area contributed by atoms with Crippen LogP contribution in [0, 0.1) is 0 Å². The van der Waals surface area contributed by atoms with E-state index < -0.39 is 0 Å². The van der Waals surface area contributed by atoms with Gasteiger partial charge in [-0.3, -0.25) is 4.79 Å². The zero-order valence-electron chi connectivity index (χ0n) is 16.1. The number of para-hydroxylation sites is 2. The predicted octanol–water partition coefficient (Wildman–Crippen LogP) is 4.19. The van der Waals surface area contributed by atoms with E-state index in [1.165, 1.54) is 0 Å². The summed E-state index contributed by atoms with van der Waals surface area (Å²) >= 11 is 0. The van der Waals surface area contributed by atoms with Crippen LogP contribution in [0.5, 0.6) is 5.75 Å². The third-order valence-corrected chi connectivity index (χ3v) is 5.52. The molecule has 0 aromatic heterocycles. The van der Waals surface area contributed by atoms with Gasteiger partial charge in [-0.2, -0.15) is 0 Å². The van der Waals surface area contributed by atoms with Gasteiger partial charge in [0.25, 0.3) is 0 Å². The second-order valence-electron chi connectivity index (χ2n) is 7.22. The first-order valence-electron chi connectivity index (χ1n) is 9.78. The van der Waals surface area contributed by atoms with Crippen LogP contribution in [-0.4, -0.2) is 37.0 Å². The topological polar surface area (TPSA) is 61.9 Å². The highest BCUT2D eigenvalue weighted by atomic mass is 16.5. The van der Waals surface area contributed by atoms with Gasteiger partial charge in [-0.05, 0) is 49.1 Å². The first kappa shape index (κ1) is 18.3. The van der Waals surface area contributed by atoms with Crippen molar-refractivity contribution in [2.24, 2.45) is 0 Å². The Labute approximate surface area is 165 Å². The second-order valence-corrected chi connectivity index (χ2v) is 7.22. The number of carbonyl (C=O) groups is 2. The van der Waals surface area contributed by atoms with Crippen molar-refractivity contribution in [3.05, 3.63) is 54.1 Å². The van der Waals surface area contributed by atoms with Crippen LogP contribution in [-0.2, 0) is 4.79 Å². The van der Waals surface area contributed by atoms with E-state index in [4.69, 9.17) is 4.74 Å². The number of hydrogen-bond acceptors (Lipinski definition) is 3. The lowest BCUT2D eigenvalue weighted by Crippen LogP contribution is -2.35. The number of amides is 3. The molecule has 4 rings (SSSR count). The van der Waals surface area contributed by atoms with Crippen molar-refractivity contribution >= 4 is 23.3 Å². The summed E-state index contributed by atoms with van der Waals surface area (Å²) in [6.45, 7) is 1.41. The number of likely N-dealkylation sites (tertiary alicyclic amines) is 1. The minimum Gasteiger partial charge on any atom is -0.497 e. The minimum atomic E-state index is -0.127. The number of rotatable bonds is 4. The van der Waals surface area contributed by atoms with E-state index in [2.05, 4.69) is 5.32 Å². The fourth-order valence-corrected chi connectivity index (χ4v) is 4.09. The molecule has 1 atom stereocenters. The number of nitrogens with one attached hydrogen (secondary N) is 1. The zero-order chi connectivity index (χ0) is 19.5. The second kappa shape index (κ2) is 7.92. The SMILES string of the molecule is COc1ccc(C2CCCN2C(=O)Nc2ccccc2N2CCCC2=O)cc1. The van der Waals surface area contributed by atoms with Crippen molar-refractivity contribution in [2.75, 3.05) is 30.4 Å². The maximum absolute atomic E-state index is 13.1. The van der Waals surface area contributed by atoms with Crippen molar-refractivity contribution in [3.63, 3.8) is 0 Å². The van der Waals surface area contributed by atoms with Crippen LogP contribution in [0.2, 0.25) is 0 Å². The fourth-order valence-electron chi connectivity index (χ4n) is 4.09. The van der Waals surface area contributed by atoms with Crippen LogP contribution in [0.25, 0.3) is 0 Å². The standard InChI is InChI=1S/C22H25N3O3/c1-28-17-12-10-16(11-13-17)19-8-4-15-25(19)22(27)23-18-6-2-3-7-20(18)24-14-5-9-21(24)26/h2-3,6-7,10-13,19H,4-5,8-9,14-15H2,1H3,(H,23,27). The van der Waals surface area contributed by atoms with Crippen LogP contribution < -0.4 is 15.0 Å². The summed E-state index contributed by atoms with van der Waals surface area (Å²) in [7, 11) is 1.65. The third-order valence-electron chi connectivity index (χ3n) is 5.52. The Morgan fingerprint density at radius 2 is 1.86 bits per heavy atom. The van der Waals surface area contributed by atoms with Crippen LogP contribution >= 0.6 is 0 Å². The molecule has 3 amide bonds. The van der Waals surface area contributed by atoms with Crippen molar-refractivity contribution in [2.45, 2.75) is 31.7 Å².